The number of Topliss-reactive ketones (excluding diaryl/α,β-unsaturated/α-hetero) is 2. The van der Waals surface area contributed by atoms with Crippen molar-refractivity contribution >= 4 is 35.3 Å². The molecule has 1 aromatic heterocycles. The van der Waals surface area contributed by atoms with Gasteiger partial charge in [-0.15, -0.1) is 11.8 Å². The molecule has 0 fully saturated rings. The van der Waals surface area contributed by atoms with Gasteiger partial charge in [0.2, 0.25) is 5.60 Å². The Labute approximate surface area is 460 Å². The minimum absolute atomic E-state index is 0.0348. The lowest BCUT2D eigenvalue weighted by molar-refractivity contribution is -0.210. The summed E-state index contributed by atoms with van der Waals surface area (Å²) < 4.78 is 13.9. The zero-order valence-electron chi connectivity index (χ0n) is 48.7. The molecule has 0 saturated heterocycles. The molecule has 0 bridgehead atoms. The first kappa shape index (κ1) is 68.0. The quantitative estimate of drug-likeness (QED) is 0.0328. The molecule has 6 unspecified atom stereocenters. The van der Waals surface area contributed by atoms with Gasteiger partial charge in [-0.3, -0.25) is 19.2 Å². The van der Waals surface area contributed by atoms with Crippen molar-refractivity contribution in [3.05, 3.63) is 48.0 Å². The molecule has 0 radical (unpaired) electrons. The van der Waals surface area contributed by atoms with Crippen LogP contribution >= 0.6 is 11.8 Å². The number of aliphatic hydroxyl groups is 2. The summed E-state index contributed by atoms with van der Waals surface area (Å²) in [4.78, 5) is 60.6. The number of aliphatic carboxylic acids is 1. The Balaban J connectivity index is 2.41. The lowest BCUT2D eigenvalue weighted by atomic mass is 9.71. The van der Waals surface area contributed by atoms with Crippen molar-refractivity contribution in [2.24, 2.45) is 11.8 Å². The zero-order valence-corrected chi connectivity index (χ0v) is 49.5. The van der Waals surface area contributed by atoms with Crippen LogP contribution in [0.25, 0.3) is 0 Å². The van der Waals surface area contributed by atoms with E-state index in [2.05, 4.69) is 64.7 Å². The van der Waals surface area contributed by atoms with Crippen LogP contribution in [0.5, 0.6) is 0 Å². The van der Waals surface area contributed by atoms with Crippen molar-refractivity contribution in [2.45, 2.75) is 307 Å². The number of benzene rings is 1. The minimum atomic E-state index is -2.63. The summed E-state index contributed by atoms with van der Waals surface area (Å²) in [7, 11) is 1.46. The van der Waals surface area contributed by atoms with E-state index in [4.69, 9.17) is 14.6 Å². The summed E-state index contributed by atoms with van der Waals surface area (Å²) in [5.41, 5.74) is -2.60. The second-order valence-electron chi connectivity index (χ2n) is 22.7. The number of imidazole rings is 1. The number of hydrogen-bond donors (Lipinski definition) is 3. The van der Waals surface area contributed by atoms with Gasteiger partial charge in [-0.05, 0) is 94.4 Å². The SMILES string of the molecule is CCCCCCCCCCCCCCCC(=O)C(CC(OC)n1ccnc1)(OC(=O)CCCCCCCCC(=O)O)C(C)(O)C(=O)C(O)CCC(C(C)C)C(CCCCCCCCCCC)Sc1cc(C)cc(C)c1. The number of carboxylic acid groups (broad SMARTS) is 1. The molecule has 0 aliphatic rings. The largest absolute Gasteiger partial charge is 0.481 e. The van der Waals surface area contributed by atoms with E-state index in [-0.39, 0.29) is 49.2 Å². The number of thioether (sulfide) groups is 1. The van der Waals surface area contributed by atoms with Crippen molar-refractivity contribution in [3.63, 3.8) is 0 Å². The van der Waals surface area contributed by atoms with Crippen LogP contribution in [0, 0.1) is 25.7 Å². The van der Waals surface area contributed by atoms with Gasteiger partial charge in [0.05, 0.1) is 6.33 Å². The highest BCUT2D eigenvalue weighted by molar-refractivity contribution is 8.00. The Kier molecular flexibility index (Phi) is 36.4. The molecule has 0 amide bonds. The van der Waals surface area contributed by atoms with E-state index >= 15 is 4.79 Å². The number of unbranched alkanes of at least 4 members (excludes halogenated alkanes) is 25. The normalized spacial score (nSPS) is 15.0. The molecule has 6 atom stereocenters. The van der Waals surface area contributed by atoms with Gasteiger partial charge in [0.15, 0.2) is 17.2 Å². The molecule has 1 heterocycles. The predicted octanol–water partition coefficient (Wildman–Crippen LogP) is 16.4. The number of aromatic nitrogens is 2. The number of rotatable bonds is 49. The fourth-order valence-corrected chi connectivity index (χ4v) is 12.7. The predicted molar refractivity (Wildman–Crippen MR) is 308 cm³/mol. The van der Waals surface area contributed by atoms with Crippen LogP contribution < -0.4 is 0 Å². The molecule has 430 valence electrons. The number of aliphatic hydroxyl groups excluding tert-OH is 1. The second kappa shape index (κ2) is 40.2. The van der Waals surface area contributed by atoms with Gasteiger partial charge < -0.3 is 29.4 Å². The number of carbonyl (C=O) groups excluding carboxylic acids is 3. The highest BCUT2D eigenvalue weighted by Gasteiger charge is 2.61. The lowest BCUT2D eigenvalue weighted by Crippen LogP contribution is -2.66. The average Bonchev–Trinajstić information content (AvgIpc) is 3.91. The van der Waals surface area contributed by atoms with Gasteiger partial charge in [0.1, 0.15) is 12.3 Å². The fraction of sp³-hybridized carbons (Fsp3) is 0.794. The number of nitrogens with zero attached hydrogens (tertiary/aromatic N) is 2. The first-order valence-corrected chi connectivity index (χ1v) is 31.1. The molecule has 0 saturated carbocycles. The molecule has 0 aliphatic carbocycles. The van der Waals surface area contributed by atoms with Crippen LogP contribution in [0.4, 0.5) is 0 Å². The molecule has 75 heavy (non-hydrogen) atoms. The number of carboxylic acids is 1. The number of hydrogen-bond acceptors (Lipinski definition) is 10. The Morgan fingerprint density at radius 2 is 1.12 bits per heavy atom. The number of esters is 1. The molecular weight excluding hydrogens is 961 g/mol. The summed E-state index contributed by atoms with van der Waals surface area (Å²) in [6.45, 7) is 14.4. The van der Waals surface area contributed by atoms with Gasteiger partial charge in [-0.25, -0.2) is 4.98 Å². The number of carbonyl (C=O) groups is 4. The highest BCUT2D eigenvalue weighted by Crippen LogP contribution is 2.42. The summed E-state index contributed by atoms with van der Waals surface area (Å²) in [6.07, 6.45) is 33.3. The third-order valence-electron chi connectivity index (χ3n) is 15.6. The van der Waals surface area contributed by atoms with Crippen LogP contribution in [-0.4, -0.2) is 78.0 Å². The third-order valence-corrected chi connectivity index (χ3v) is 17.0. The molecule has 2 rings (SSSR count). The maximum Gasteiger partial charge on any atom is 0.306 e. The van der Waals surface area contributed by atoms with Gasteiger partial charge >= 0.3 is 11.9 Å². The van der Waals surface area contributed by atoms with E-state index < -0.39 is 47.0 Å². The minimum Gasteiger partial charge on any atom is -0.481 e. The second-order valence-corrected chi connectivity index (χ2v) is 24.0. The van der Waals surface area contributed by atoms with Crippen molar-refractivity contribution in [1.82, 2.24) is 9.55 Å². The molecule has 1 aromatic carbocycles. The summed E-state index contributed by atoms with van der Waals surface area (Å²) in [5.74, 6) is -2.68. The van der Waals surface area contributed by atoms with E-state index in [1.54, 1.807) is 17.0 Å². The zero-order chi connectivity index (χ0) is 55.3. The Morgan fingerprint density at radius 1 is 0.653 bits per heavy atom. The van der Waals surface area contributed by atoms with E-state index in [0.717, 1.165) is 64.2 Å². The molecule has 0 aliphatic heterocycles. The van der Waals surface area contributed by atoms with E-state index in [0.29, 0.717) is 32.1 Å². The summed E-state index contributed by atoms with van der Waals surface area (Å²) in [5, 5.41) is 34.2. The van der Waals surface area contributed by atoms with Crippen LogP contribution in [-0.2, 0) is 28.7 Å². The molecule has 3 N–H and O–H groups in total. The molecule has 11 nitrogen and oxygen atoms in total. The van der Waals surface area contributed by atoms with Crippen LogP contribution in [0.1, 0.15) is 277 Å². The van der Waals surface area contributed by atoms with E-state index in [9.17, 15) is 24.6 Å². The fourth-order valence-electron chi connectivity index (χ4n) is 10.9. The van der Waals surface area contributed by atoms with Gasteiger partial charge in [-0.1, -0.05) is 194 Å². The molecule has 0 spiro atoms. The Hall–Kier alpha value is -3.06. The van der Waals surface area contributed by atoms with Crippen molar-refractivity contribution in [2.75, 3.05) is 7.11 Å². The molecule has 2 aromatic rings. The number of ketones is 2. The van der Waals surface area contributed by atoms with Crippen LogP contribution in [0.2, 0.25) is 0 Å². The van der Waals surface area contributed by atoms with Gasteiger partial charge in [0, 0.05) is 55.3 Å². The molecule has 12 heteroatoms. The summed E-state index contributed by atoms with van der Waals surface area (Å²) in [6, 6.07) is 6.67. The average molecular weight is 1070 g/mol. The third kappa shape index (κ3) is 27.4. The Morgan fingerprint density at radius 3 is 1.57 bits per heavy atom. The van der Waals surface area contributed by atoms with E-state index in [1.165, 1.54) is 133 Å². The monoisotopic (exact) mass is 1070 g/mol. The smallest absolute Gasteiger partial charge is 0.306 e. The van der Waals surface area contributed by atoms with Crippen molar-refractivity contribution in [1.29, 1.82) is 0 Å². The number of methoxy groups -OCH3 is 1. The Bertz CT molecular complexity index is 1800. The summed E-state index contributed by atoms with van der Waals surface area (Å²) >= 11 is 1.89. The topological polar surface area (TPSA) is 165 Å². The maximum atomic E-state index is 15.1. The first-order chi connectivity index (χ1) is 36.0. The number of aryl methyl sites for hydroxylation is 2. The van der Waals surface area contributed by atoms with Crippen molar-refractivity contribution < 1.29 is 44.0 Å². The van der Waals surface area contributed by atoms with Gasteiger partial charge in [0.25, 0.3) is 0 Å². The number of ether oxygens (including phenoxy) is 2. The van der Waals surface area contributed by atoms with Gasteiger partial charge in [-0.2, -0.15) is 0 Å². The lowest BCUT2D eigenvalue weighted by Gasteiger charge is -2.44. The highest BCUT2D eigenvalue weighted by atomic mass is 32.2. The standard InChI is InChI=1S/C63H108N2O9S/c1-9-11-13-15-17-19-20-21-22-24-26-30-34-38-57(67)63(48-58(73-8)65-44-43-64-49-65,74-60(70)40-36-32-28-27-31-35-39-59(68)69)62(7,72)61(71)55(66)42-41-54(50(3)4)56(75-53-46-51(5)45-52(6)47-53)37-33-29-25-23-18-16-14-12-10-2/h43-47,49-50,54-56,58,66,72H,9-42,48H2,1-8H3,(H,68,69). The maximum absolute atomic E-state index is 15.1. The van der Waals surface area contributed by atoms with Crippen LogP contribution in [0.3, 0.4) is 0 Å². The first-order valence-electron chi connectivity index (χ1n) is 30.2. The van der Waals surface area contributed by atoms with Crippen LogP contribution in [0.15, 0.2) is 41.8 Å². The van der Waals surface area contributed by atoms with Crippen molar-refractivity contribution in [3.8, 4) is 0 Å². The van der Waals surface area contributed by atoms with E-state index in [1.807, 2.05) is 11.8 Å². The molecular formula is C63H108N2O9S.